The fourth-order valence-electron chi connectivity index (χ4n) is 3.96. The molecule has 1 aromatic carbocycles. The van der Waals surface area contributed by atoms with E-state index >= 15 is 0 Å². The van der Waals surface area contributed by atoms with E-state index in [4.69, 9.17) is 15.6 Å². The van der Waals surface area contributed by atoms with Crippen molar-refractivity contribution >= 4 is 28.2 Å². The van der Waals surface area contributed by atoms with Crippen LogP contribution in [0.4, 0.5) is 5.69 Å². The molecule has 1 aromatic heterocycles. The van der Waals surface area contributed by atoms with Crippen molar-refractivity contribution in [1.29, 1.82) is 0 Å². The first kappa shape index (κ1) is 18.5. The number of amides is 1. The number of rotatable bonds is 5. The van der Waals surface area contributed by atoms with Gasteiger partial charge >= 0.3 is 0 Å². The van der Waals surface area contributed by atoms with Gasteiger partial charge in [-0.05, 0) is 43.7 Å². The van der Waals surface area contributed by atoms with Crippen LogP contribution in [0.2, 0.25) is 0 Å². The molecule has 8 nitrogen and oxygen atoms in total. The molecule has 1 fully saturated rings. The zero-order valence-electron chi connectivity index (χ0n) is 15.9. The summed E-state index contributed by atoms with van der Waals surface area (Å²) in [4.78, 5) is 17.4. The number of carbonyl (C=O) groups excluding carboxylic acids is 1. The SMILES string of the molecule is COc1cc2nn(C3CCC(CO)CC3)cc2cc1N1C=CC(C(N)=O)=NC1. The van der Waals surface area contributed by atoms with Crippen molar-refractivity contribution in [3.63, 3.8) is 0 Å². The zero-order valence-corrected chi connectivity index (χ0v) is 15.9. The van der Waals surface area contributed by atoms with Gasteiger partial charge in [0.1, 0.15) is 18.1 Å². The van der Waals surface area contributed by atoms with Crippen LogP contribution < -0.4 is 15.4 Å². The van der Waals surface area contributed by atoms with E-state index in [-0.39, 0.29) is 12.3 Å². The quantitative estimate of drug-likeness (QED) is 0.821. The van der Waals surface area contributed by atoms with Crippen molar-refractivity contribution in [2.24, 2.45) is 16.6 Å². The van der Waals surface area contributed by atoms with E-state index in [2.05, 4.69) is 15.9 Å². The van der Waals surface area contributed by atoms with Gasteiger partial charge in [0.15, 0.2) is 0 Å². The van der Waals surface area contributed by atoms with Crippen molar-refractivity contribution in [1.82, 2.24) is 9.78 Å². The Kier molecular flexibility index (Phi) is 5.04. The van der Waals surface area contributed by atoms with E-state index in [0.717, 1.165) is 42.3 Å². The molecule has 2 aromatic rings. The molecule has 8 heteroatoms. The average molecular weight is 383 g/mol. The highest BCUT2D eigenvalue weighted by Crippen LogP contribution is 2.36. The number of carbonyl (C=O) groups is 1. The van der Waals surface area contributed by atoms with Crippen molar-refractivity contribution in [3.8, 4) is 5.75 Å². The minimum absolute atomic E-state index is 0.266. The molecule has 3 N–H and O–H groups in total. The van der Waals surface area contributed by atoms with E-state index < -0.39 is 5.91 Å². The monoisotopic (exact) mass is 383 g/mol. The van der Waals surface area contributed by atoms with Crippen molar-refractivity contribution in [2.75, 3.05) is 25.3 Å². The van der Waals surface area contributed by atoms with Gasteiger partial charge in [-0.15, -0.1) is 0 Å². The number of fused-ring (bicyclic) bond motifs is 1. The lowest BCUT2D eigenvalue weighted by molar-refractivity contribution is -0.111. The van der Waals surface area contributed by atoms with E-state index in [0.29, 0.717) is 24.4 Å². The molecular weight excluding hydrogens is 358 g/mol. The molecule has 1 aliphatic carbocycles. The summed E-state index contributed by atoms with van der Waals surface area (Å²) in [5.74, 6) is 0.587. The van der Waals surface area contributed by atoms with Gasteiger partial charge < -0.3 is 20.5 Å². The summed E-state index contributed by atoms with van der Waals surface area (Å²) in [5.41, 5.74) is 7.29. The molecule has 2 aliphatic rings. The standard InChI is InChI=1S/C20H25N5O3/c1-28-19-9-17-14(8-18(19)24-7-6-16(20(21)27)22-12-24)10-25(23-17)15-4-2-13(11-26)3-5-15/h6-10,13,15,26H,2-5,11-12H2,1H3,(H2,21,27). The molecule has 0 atom stereocenters. The molecule has 0 unspecified atom stereocenters. The topological polar surface area (TPSA) is 106 Å². The van der Waals surface area contributed by atoms with Crippen LogP contribution >= 0.6 is 0 Å². The highest BCUT2D eigenvalue weighted by Gasteiger charge is 2.23. The molecule has 0 bridgehead atoms. The Hall–Kier alpha value is -2.87. The van der Waals surface area contributed by atoms with Crippen molar-refractivity contribution in [3.05, 3.63) is 30.6 Å². The Bertz CT molecular complexity index is 941. The second-order valence-corrected chi connectivity index (χ2v) is 7.38. The molecule has 28 heavy (non-hydrogen) atoms. The highest BCUT2D eigenvalue weighted by atomic mass is 16.5. The number of nitrogens with zero attached hydrogens (tertiary/aromatic N) is 4. The Morgan fingerprint density at radius 1 is 1.32 bits per heavy atom. The minimum Gasteiger partial charge on any atom is -0.494 e. The number of aliphatic hydroxyl groups is 1. The Morgan fingerprint density at radius 2 is 2.11 bits per heavy atom. The molecule has 1 amide bonds. The van der Waals surface area contributed by atoms with E-state index in [1.54, 1.807) is 19.4 Å². The average Bonchev–Trinajstić information content (AvgIpc) is 3.16. The molecule has 4 rings (SSSR count). The van der Waals surface area contributed by atoms with Crippen LogP contribution in [0.3, 0.4) is 0 Å². The van der Waals surface area contributed by atoms with Crippen LogP contribution in [0.15, 0.2) is 35.6 Å². The van der Waals surface area contributed by atoms with E-state index in [9.17, 15) is 9.90 Å². The van der Waals surface area contributed by atoms with E-state index in [1.807, 2.05) is 17.0 Å². The van der Waals surface area contributed by atoms with Gasteiger partial charge in [-0.1, -0.05) is 0 Å². The summed E-state index contributed by atoms with van der Waals surface area (Å²) in [6, 6.07) is 4.33. The van der Waals surface area contributed by atoms with Gasteiger partial charge in [-0.3, -0.25) is 14.5 Å². The van der Waals surface area contributed by atoms with E-state index in [1.165, 1.54) is 0 Å². The predicted octanol–water partition coefficient (Wildman–Crippen LogP) is 1.99. The number of ether oxygens (including phenoxy) is 1. The van der Waals surface area contributed by atoms with Crippen LogP contribution in [-0.2, 0) is 4.79 Å². The Labute approximate surface area is 163 Å². The van der Waals surface area contributed by atoms with Crippen LogP contribution in [-0.4, -0.2) is 46.9 Å². The summed E-state index contributed by atoms with van der Waals surface area (Å²) in [6.07, 6.45) is 9.60. The maximum Gasteiger partial charge on any atom is 0.266 e. The number of hydrogen-bond acceptors (Lipinski definition) is 6. The third-order valence-corrected chi connectivity index (χ3v) is 5.64. The Morgan fingerprint density at radius 3 is 2.71 bits per heavy atom. The Balaban J connectivity index is 1.61. The predicted molar refractivity (Wildman–Crippen MR) is 107 cm³/mol. The third-order valence-electron chi connectivity index (χ3n) is 5.64. The van der Waals surface area contributed by atoms with Crippen LogP contribution in [0.1, 0.15) is 31.7 Å². The van der Waals surface area contributed by atoms with Crippen LogP contribution in [0, 0.1) is 5.92 Å². The summed E-state index contributed by atoms with van der Waals surface area (Å²) in [7, 11) is 1.63. The molecule has 0 spiro atoms. The third kappa shape index (κ3) is 3.47. The van der Waals surface area contributed by atoms with Crippen molar-refractivity contribution < 1.29 is 14.6 Å². The van der Waals surface area contributed by atoms with Gasteiger partial charge in [0.05, 0.1) is 24.4 Å². The first-order chi connectivity index (χ1) is 13.6. The fraction of sp³-hybridized carbons (Fsp3) is 0.450. The first-order valence-electron chi connectivity index (χ1n) is 9.56. The second kappa shape index (κ2) is 7.63. The molecule has 148 valence electrons. The number of primary amides is 1. The minimum atomic E-state index is -0.532. The summed E-state index contributed by atoms with van der Waals surface area (Å²) in [6.45, 7) is 0.577. The highest BCUT2D eigenvalue weighted by molar-refractivity contribution is 6.43. The number of methoxy groups -OCH3 is 1. The summed E-state index contributed by atoms with van der Waals surface area (Å²) in [5, 5.41) is 15.1. The fourth-order valence-corrected chi connectivity index (χ4v) is 3.96. The van der Waals surface area contributed by atoms with Gasteiger partial charge in [0.2, 0.25) is 0 Å². The second-order valence-electron chi connectivity index (χ2n) is 7.38. The van der Waals surface area contributed by atoms with Crippen LogP contribution in [0.5, 0.6) is 5.75 Å². The number of anilines is 1. The maximum absolute atomic E-state index is 11.3. The van der Waals surface area contributed by atoms with Gasteiger partial charge in [-0.2, -0.15) is 5.10 Å². The number of aromatic nitrogens is 2. The van der Waals surface area contributed by atoms with Crippen LogP contribution in [0.25, 0.3) is 10.9 Å². The molecule has 0 saturated heterocycles. The smallest absolute Gasteiger partial charge is 0.266 e. The van der Waals surface area contributed by atoms with Gasteiger partial charge in [-0.25, -0.2) is 0 Å². The maximum atomic E-state index is 11.3. The molecule has 1 saturated carbocycles. The molecule has 2 heterocycles. The lowest BCUT2D eigenvalue weighted by Gasteiger charge is -2.27. The van der Waals surface area contributed by atoms with Gasteiger partial charge in [0.25, 0.3) is 5.91 Å². The molecular formula is C20H25N5O3. The largest absolute Gasteiger partial charge is 0.494 e. The molecule has 0 radical (unpaired) electrons. The summed E-state index contributed by atoms with van der Waals surface area (Å²) >= 11 is 0. The zero-order chi connectivity index (χ0) is 19.7. The lowest BCUT2D eigenvalue weighted by atomic mass is 9.87. The molecule has 1 aliphatic heterocycles. The first-order valence-corrected chi connectivity index (χ1v) is 9.56. The number of benzene rings is 1. The normalized spacial score (nSPS) is 22.4. The lowest BCUT2D eigenvalue weighted by Crippen LogP contribution is -2.28. The van der Waals surface area contributed by atoms with Crippen molar-refractivity contribution in [2.45, 2.75) is 31.7 Å². The number of hydrogen-bond donors (Lipinski definition) is 2. The number of aliphatic imine (C=N–C) groups is 1. The number of nitrogens with two attached hydrogens (primary N) is 1. The van der Waals surface area contributed by atoms with Gasteiger partial charge in [0, 0.05) is 30.5 Å². The number of aliphatic hydroxyl groups excluding tert-OH is 1. The summed E-state index contributed by atoms with van der Waals surface area (Å²) < 4.78 is 7.62.